The third-order valence-electron chi connectivity index (χ3n) is 19.7. The van der Waals surface area contributed by atoms with Gasteiger partial charge in [-0.1, -0.05) is 204 Å². The number of carbonyl (C=O) groups excluding carboxylic acids is 2. The van der Waals surface area contributed by atoms with Crippen molar-refractivity contribution in [1.29, 1.82) is 0 Å². The van der Waals surface area contributed by atoms with E-state index in [0.717, 1.165) is 166 Å². The molecule has 0 fully saturated rings. The van der Waals surface area contributed by atoms with Crippen LogP contribution >= 0.6 is 0 Å². The molecule has 2 amide bonds. The standard InChI is InChI=1S/C81H122N6O8S2/c1-21-29-35-59(25-5)49-86(50-60(26-6)36-30-22-2)68-43-64-69(45-66(68)82-76-53(9)41-55(11)78(57(76)13)84-73(88)47-80(15,16)17)95-70-46-67(83-77-54(10)42-56(12)79(58(77)14)85-74(89)48-81(18,19)20)72(44-65(70)75(64)63-39-33-34-40-71(63)97(92,93)94)96(90,91)87(51-61(27-7)37-31-23-3)52-62(28-8)38-32-24-4/h33-34,39-46,59-62,82H,21-32,35-38,47-52H2,1-20H3,(H,84,88)(H,85,89)(H,92,93,94)/b83-67+. The number of rotatable bonds is 36. The molecule has 4 atom stereocenters. The van der Waals surface area contributed by atoms with Crippen molar-refractivity contribution < 1.29 is 35.4 Å². The van der Waals surface area contributed by atoms with Gasteiger partial charge in [0.15, 0.2) is 0 Å². The van der Waals surface area contributed by atoms with E-state index in [-0.39, 0.29) is 67.4 Å². The van der Waals surface area contributed by atoms with Gasteiger partial charge < -0.3 is 25.3 Å². The fourth-order valence-corrected chi connectivity index (χ4v) is 16.5. The smallest absolute Gasteiger partial charge is 0.295 e. The minimum Gasteiger partial charge on any atom is -0.456 e. The molecular formula is C81H122N6O8S2. The number of fused-ring (bicyclic) bond motifs is 2. The number of anilines is 5. The van der Waals surface area contributed by atoms with Gasteiger partial charge in [0.05, 0.1) is 22.4 Å². The highest BCUT2D eigenvalue weighted by atomic mass is 32.2. The molecule has 0 aromatic heterocycles. The van der Waals surface area contributed by atoms with Crippen molar-refractivity contribution >= 4 is 77.0 Å². The van der Waals surface area contributed by atoms with E-state index in [1.165, 1.54) is 6.07 Å². The first-order valence-electron chi connectivity index (χ1n) is 36.7. The van der Waals surface area contributed by atoms with Gasteiger partial charge in [0.2, 0.25) is 21.8 Å². The monoisotopic (exact) mass is 1370 g/mol. The number of hydrogen-bond donors (Lipinski definition) is 4. The van der Waals surface area contributed by atoms with Crippen LogP contribution in [0.25, 0.3) is 33.4 Å². The summed E-state index contributed by atoms with van der Waals surface area (Å²) in [6.45, 7) is 43.7. The third-order valence-corrected chi connectivity index (χ3v) is 22.4. The molecule has 14 nitrogen and oxygen atoms in total. The zero-order chi connectivity index (χ0) is 71.9. The molecule has 0 spiro atoms. The topological polar surface area (TPSA) is 191 Å². The molecule has 1 heterocycles. The van der Waals surface area contributed by atoms with E-state index >= 15 is 8.42 Å². The summed E-state index contributed by atoms with van der Waals surface area (Å²) in [4.78, 5) is 35.2. The van der Waals surface area contributed by atoms with Crippen molar-refractivity contribution in [2.24, 2.45) is 39.5 Å². The number of sulfonamides is 1. The van der Waals surface area contributed by atoms with Gasteiger partial charge in [-0.15, -0.1) is 0 Å². The second-order valence-corrected chi connectivity index (χ2v) is 33.9. The van der Waals surface area contributed by atoms with E-state index in [2.05, 4.69) is 116 Å². The maximum Gasteiger partial charge on any atom is 0.295 e. The lowest BCUT2D eigenvalue weighted by atomic mass is 9.91. The van der Waals surface area contributed by atoms with Crippen LogP contribution in [-0.4, -0.2) is 63.7 Å². The summed E-state index contributed by atoms with van der Waals surface area (Å²) in [7, 11) is -9.44. The van der Waals surface area contributed by atoms with Crippen LogP contribution in [0.15, 0.2) is 79.9 Å². The van der Waals surface area contributed by atoms with Gasteiger partial charge in [-0.25, -0.2) is 13.4 Å². The molecule has 536 valence electrons. The fourth-order valence-electron chi connectivity index (χ4n) is 14.0. The minimum absolute atomic E-state index is 0.0651. The quantitative estimate of drug-likeness (QED) is 0.0217. The summed E-state index contributed by atoms with van der Waals surface area (Å²) >= 11 is 0. The summed E-state index contributed by atoms with van der Waals surface area (Å²) < 4.78 is 82.0. The Morgan fingerprint density at radius 3 is 1.46 bits per heavy atom. The molecule has 0 bridgehead atoms. The maximum atomic E-state index is 16.7. The van der Waals surface area contributed by atoms with E-state index in [4.69, 9.17) is 9.41 Å². The molecule has 6 rings (SSSR count). The van der Waals surface area contributed by atoms with Crippen LogP contribution in [0.5, 0.6) is 0 Å². The fraction of sp³-hybridized carbons (Fsp3) is 0.593. The maximum absolute atomic E-state index is 16.7. The average molecular weight is 1370 g/mol. The lowest BCUT2D eigenvalue weighted by molar-refractivity contribution is -0.118. The zero-order valence-electron chi connectivity index (χ0n) is 63.1. The molecule has 97 heavy (non-hydrogen) atoms. The van der Waals surface area contributed by atoms with E-state index < -0.39 is 20.1 Å². The normalized spacial score (nSPS) is 13.9. The Morgan fingerprint density at radius 2 is 1.00 bits per heavy atom. The van der Waals surface area contributed by atoms with E-state index in [1.807, 2.05) is 67.5 Å². The van der Waals surface area contributed by atoms with Crippen LogP contribution in [0, 0.1) is 76.0 Å². The van der Waals surface area contributed by atoms with E-state index in [1.54, 1.807) is 34.6 Å². The van der Waals surface area contributed by atoms with Gasteiger partial charge in [0, 0.05) is 90.3 Å². The number of hydrogen-bond acceptors (Lipinski definition) is 10. The Bertz CT molecular complexity index is 3900. The van der Waals surface area contributed by atoms with Crippen LogP contribution in [0.3, 0.4) is 0 Å². The average Bonchev–Trinajstić information content (AvgIpc) is 0.726. The third kappa shape index (κ3) is 21.2. The first-order chi connectivity index (χ1) is 45.7. The molecule has 2 aliphatic rings. The molecule has 16 heteroatoms. The second-order valence-electron chi connectivity index (χ2n) is 30.6. The number of benzene rings is 5. The molecule has 4 aromatic rings. The van der Waals surface area contributed by atoms with Crippen molar-refractivity contribution in [2.75, 3.05) is 47.0 Å². The minimum atomic E-state index is -4.93. The van der Waals surface area contributed by atoms with Crippen LogP contribution in [-0.2, 0) is 29.7 Å². The van der Waals surface area contributed by atoms with E-state index in [0.29, 0.717) is 70.4 Å². The second kappa shape index (κ2) is 35.3. The van der Waals surface area contributed by atoms with Gasteiger partial charge in [-0.3, -0.25) is 14.1 Å². The van der Waals surface area contributed by atoms with Gasteiger partial charge in [0.1, 0.15) is 21.1 Å². The number of unbranched alkanes of at least 4 members (excludes halogenated alkanes) is 4. The number of nitrogens with zero attached hydrogens (tertiary/aromatic N) is 3. The Hall–Kier alpha value is -6.07. The van der Waals surface area contributed by atoms with Gasteiger partial charge in [-0.2, -0.15) is 12.7 Å². The van der Waals surface area contributed by atoms with Crippen LogP contribution in [0.1, 0.15) is 246 Å². The molecule has 4 aromatic carbocycles. The van der Waals surface area contributed by atoms with Crippen molar-refractivity contribution in [3.05, 3.63) is 99.4 Å². The Morgan fingerprint density at radius 1 is 0.546 bits per heavy atom. The molecular weight excluding hydrogens is 1250 g/mol. The number of nitrogens with one attached hydrogen (secondary N) is 3. The molecule has 0 saturated carbocycles. The summed E-state index contributed by atoms with van der Waals surface area (Å²) in [6.07, 6.45) is 15.9. The van der Waals surface area contributed by atoms with Gasteiger partial charge in [-0.05, 0) is 153 Å². The van der Waals surface area contributed by atoms with Crippen LogP contribution in [0.4, 0.5) is 34.1 Å². The first kappa shape index (κ1) is 79.9. The van der Waals surface area contributed by atoms with Crippen molar-refractivity contribution in [1.82, 2.24) is 4.31 Å². The van der Waals surface area contributed by atoms with Crippen molar-refractivity contribution in [3.8, 4) is 22.5 Å². The van der Waals surface area contributed by atoms with Crippen LogP contribution in [0.2, 0.25) is 0 Å². The molecule has 0 radical (unpaired) electrons. The molecule has 0 saturated heterocycles. The van der Waals surface area contributed by atoms with Crippen molar-refractivity contribution in [2.45, 2.75) is 264 Å². The van der Waals surface area contributed by atoms with E-state index in [9.17, 15) is 22.6 Å². The van der Waals surface area contributed by atoms with Gasteiger partial charge >= 0.3 is 0 Å². The Labute approximate surface area is 585 Å². The largest absolute Gasteiger partial charge is 0.456 e. The summed E-state index contributed by atoms with van der Waals surface area (Å²) in [5.41, 5.74) is 9.88. The molecule has 1 aliphatic heterocycles. The Kier molecular flexibility index (Phi) is 29.1. The predicted octanol–water partition coefficient (Wildman–Crippen LogP) is 21.7. The highest BCUT2D eigenvalue weighted by Gasteiger charge is 2.35. The summed E-state index contributed by atoms with van der Waals surface area (Å²) in [6, 6.07) is 17.9. The van der Waals surface area contributed by atoms with Crippen molar-refractivity contribution in [3.63, 3.8) is 0 Å². The molecule has 4 N–H and O–H groups in total. The SMILES string of the molecule is CCCCC(CC)CN(CC(CC)CCCC)c1cc2c(-c3ccccc3S(=O)(=O)O)c3cc(S(=O)(=O)N(CC(CC)CCCC)CC(CC)CCCC)/c(=N/c4c(C)cc(C)c(NC(=O)CC(C)(C)C)c4C)cc-3oc2cc1Nc1c(C)cc(C)c(NC(=O)CC(C)(C)C)c1C. The lowest BCUT2D eigenvalue weighted by Crippen LogP contribution is -2.40. The molecule has 4 unspecified atom stereocenters. The summed E-state index contributed by atoms with van der Waals surface area (Å²) in [5, 5.41) is 11.1. The predicted molar refractivity (Wildman–Crippen MR) is 407 cm³/mol. The number of carbonyl (C=O) groups is 2. The van der Waals surface area contributed by atoms with Crippen LogP contribution < -0.4 is 26.2 Å². The highest BCUT2D eigenvalue weighted by Crippen LogP contribution is 2.48. The number of amides is 2. The molecule has 1 aliphatic carbocycles. The zero-order valence-corrected chi connectivity index (χ0v) is 64.7. The Balaban J connectivity index is 1.92. The number of aryl methyl sites for hydroxylation is 4. The van der Waals surface area contributed by atoms with Gasteiger partial charge in [0.25, 0.3) is 10.1 Å². The lowest BCUT2D eigenvalue weighted by Gasteiger charge is -2.35. The summed E-state index contributed by atoms with van der Waals surface area (Å²) in [5.74, 6) is 0.760. The highest BCUT2D eigenvalue weighted by molar-refractivity contribution is 7.89. The first-order valence-corrected chi connectivity index (χ1v) is 39.6.